The van der Waals surface area contributed by atoms with E-state index >= 15 is 0 Å². The van der Waals surface area contributed by atoms with E-state index in [4.69, 9.17) is 14.2 Å². The van der Waals surface area contributed by atoms with Gasteiger partial charge in [0.05, 0.1) is 17.9 Å². The van der Waals surface area contributed by atoms with Crippen molar-refractivity contribution in [2.45, 2.75) is 45.1 Å². The molecule has 3 rings (SSSR count). The number of aromatic carboxylic acids is 1. The quantitative estimate of drug-likeness (QED) is 0.375. The lowest BCUT2D eigenvalue weighted by molar-refractivity contribution is -0.151. The largest absolute Gasteiger partial charge is 0.479 e. The van der Waals surface area contributed by atoms with E-state index in [2.05, 4.69) is 21.2 Å². The zero-order valence-corrected chi connectivity index (χ0v) is 18.3. The molecule has 0 spiro atoms. The Kier molecular flexibility index (Phi) is 7.33. The van der Waals surface area contributed by atoms with Gasteiger partial charge in [-0.15, -0.1) is 0 Å². The molecule has 0 aromatic heterocycles. The van der Waals surface area contributed by atoms with E-state index < -0.39 is 12.1 Å². The van der Waals surface area contributed by atoms with Crippen molar-refractivity contribution >= 4 is 33.6 Å². The number of carbonyl (C=O) groups excluding carboxylic acids is 1. The monoisotopic (exact) mass is 477 g/mol. The smallest absolute Gasteiger partial charge is 0.347 e. The minimum Gasteiger partial charge on any atom is -0.479 e. The lowest BCUT2D eigenvalue weighted by Gasteiger charge is -2.17. The van der Waals surface area contributed by atoms with Gasteiger partial charge in [-0.2, -0.15) is 0 Å². The minimum atomic E-state index is -1.02. The van der Waals surface area contributed by atoms with Crippen molar-refractivity contribution < 1.29 is 28.9 Å². The van der Waals surface area contributed by atoms with Gasteiger partial charge in [-0.3, -0.25) is 0 Å². The van der Waals surface area contributed by atoms with Crippen molar-refractivity contribution in [3.63, 3.8) is 0 Å². The van der Waals surface area contributed by atoms with Crippen LogP contribution in [-0.2, 0) is 14.3 Å². The third-order valence-electron chi connectivity index (χ3n) is 4.57. The molecule has 0 bridgehead atoms. The Morgan fingerprint density at radius 1 is 1.23 bits per heavy atom. The average molecular weight is 478 g/mol. The maximum Gasteiger partial charge on any atom is 0.347 e. The molecule has 0 radical (unpaired) electrons. The molecule has 160 valence electrons. The third-order valence-corrected chi connectivity index (χ3v) is 5.06. The Morgan fingerprint density at radius 3 is 2.73 bits per heavy atom. The number of rotatable bonds is 10. The number of ether oxygens (including phenoxy) is 3. The topological polar surface area (TPSA) is 97.4 Å². The van der Waals surface area contributed by atoms with Gasteiger partial charge in [-0.25, -0.2) is 9.59 Å². The summed E-state index contributed by atoms with van der Waals surface area (Å²) in [4.78, 5) is 23.6. The number of esters is 1. The first-order chi connectivity index (χ1) is 14.4. The molecule has 1 saturated heterocycles. The molecule has 1 fully saturated rings. The van der Waals surface area contributed by atoms with E-state index in [9.17, 15) is 14.7 Å². The van der Waals surface area contributed by atoms with Gasteiger partial charge in [0, 0.05) is 4.47 Å². The van der Waals surface area contributed by atoms with Crippen LogP contribution in [0.4, 0.5) is 5.69 Å². The van der Waals surface area contributed by atoms with Crippen LogP contribution in [0, 0.1) is 0 Å². The van der Waals surface area contributed by atoms with Gasteiger partial charge >= 0.3 is 11.9 Å². The minimum absolute atomic E-state index is 0.160. The van der Waals surface area contributed by atoms with Gasteiger partial charge in [0.15, 0.2) is 12.3 Å². The van der Waals surface area contributed by atoms with Crippen LogP contribution < -0.4 is 10.1 Å². The predicted molar refractivity (Wildman–Crippen MR) is 115 cm³/mol. The second-order valence-electron chi connectivity index (χ2n) is 6.84. The van der Waals surface area contributed by atoms with E-state index in [1.807, 2.05) is 25.1 Å². The summed E-state index contributed by atoms with van der Waals surface area (Å²) in [6.07, 6.45) is 0.108. The second-order valence-corrected chi connectivity index (χ2v) is 7.75. The van der Waals surface area contributed by atoms with Gasteiger partial charge in [0.2, 0.25) is 0 Å². The number of epoxide rings is 1. The molecular weight excluding hydrogens is 454 g/mol. The number of benzene rings is 2. The Hall–Kier alpha value is -2.58. The Labute approximate surface area is 183 Å². The van der Waals surface area contributed by atoms with Crippen LogP contribution in [0.1, 0.15) is 48.7 Å². The van der Waals surface area contributed by atoms with Crippen molar-refractivity contribution in [1.82, 2.24) is 0 Å². The van der Waals surface area contributed by atoms with Gasteiger partial charge in [0.25, 0.3) is 0 Å². The molecule has 0 amide bonds. The molecule has 0 aliphatic carbocycles. The van der Waals surface area contributed by atoms with Crippen LogP contribution in [0.15, 0.2) is 46.9 Å². The summed E-state index contributed by atoms with van der Waals surface area (Å²) < 4.78 is 17.4. The number of anilines is 1. The lowest BCUT2D eigenvalue weighted by Crippen LogP contribution is -2.29. The molecule has 2 N–H and O–H groups in total. The Bertz CT molecular complexity index is 918. The first kappa shape index (κ1) is 22.1. The van der Waals surface area contributed by atoms with E-state index in [1.165, 1.54) is 0 Å². The number of carboxylic acids is 1. The Morgan fingerprint density at radius 2 is 2.03 bits per heavy atom. The normalized spacial score (nSPS) is 18.4. The van der Waals surface area contributed by atoms with Crippen molar-refractivity contribution in [2.24, 2.45) is 0 Å². The van der Waals surface area contributed by atoms with Crippen LogP contribution in [0.5, 0.6) is 5.75 Å². The summed E-state index contributed by atoms with van der Waals surface area (Å²) in [5, 5.41) is 12.5. The summed E-state index contributed by atoms with van der Waals surface area (Å²) in [5.74, 6) is -0.834. The molecule has 8 heteroatoms. The van der Waals surface area contributed by atoms with Crippen molar-refractivity contribution in [1.29, 1.82) is 0 Å². The molecule has 3 unspecified atom stereocenters. The summed E-state index contributed by atoms with van der Waals surface area (Å²) in [6, 6.07) is 12.4. The second kappa shape index (κ2) is 9.95. The van der Waals surface area contributed by atoms with Gasteiger partial charge in [-0.05, 0) is 49.2 Å². The Balaban J connectivity index is 1.68. The van der Waals surface area contributed by atoms with E-state index in [0.717, 1.165) is 12.0 Å². The number of halogens is 1. The molecule has 1 aliphatic heterocycles. The summed E-state index contributed by atoms with van der Waals surface area (Å²) in [7, 11) is 0. The van der Waals surface area contributed by atoms with Crippen molar-refractivity contribution in [2.75, 3.05) is 11.9 Å². The first-order valence-corrected chi connectivity index (χ1v) is 10.6. The highest BCUT2D eigenvalue weighted by molar-refractivity contribution is 9.10. The van der Waals surface area contributed by atoms with Gasteiger partial charge < -0.3 is 24.6 Å². The SMILES string of the molecule is CCCC(Oc1cccc(C2OC2Nc2ccc(Br)cc2C(=O)O)c1)C(=O)OCC. The zero-order chi connectivity index (χ0) is 21.7. The molecule has 2 aromatic rings. The van der Waals surface area contributed by atoms with Crippen LogP contribution in [-0.4, -0.2) is 36.0 Å². The fourth-order valence-electron chi connectivity index (χ4n) is 3.10. The van der Waals surface area contributed by atoms with Crippen LogP contribution >= 0.6 is 15.9 Å². The van der Waals surface area contributed by atoms with Gasteiger partial charge in [-0.1, -0.05) is 41.4 Å². The standard InChI is InChI=1S/C22H24BrNO6/c1-3-6-18(22(27)28-4-2)29-15-8-5-7-13(11-15)19-20(30-19)24-17-10-9-14(23)12-16(17)21(25)26/h5,7-12,18-20,24H,3-4,6H2,1-2H3,(H,25,26). The fraction of sp³-hybridized carbons (Fsp3) is 0.364. The summed E-state index contributed by atoms with van der Waals surface area (Å²) in [5.41, 5.74) is 1.52. The third kappa shape index (κ3) is 5.52. The molecule has 0 saturated carbocycles. The van der Waals surface area contributed by atoms with E-state index in [-0.39, 0.29) is 23.9 Å². The number of carbonyl (C=O) groups is 2. The predicted octanol–water partition coefficient (Wildman–Crippen LogP) is 4.77. The van der Waals surface area contributed by atoms with Crippen LogP contribution in [0.25, 0.3) is 0 Å². The van der Waals surface area contributed by atoms with Crippen LogP contribution in [0.2, 0.25) is 0 Å². The molecule has 30 heavy (non-hydrogen) atoms. The van der Waals surface area contributed by atoms with Gasteiger partial charge in [0.1, 0.15) is 11.9 Å². The summed E-state index contributed by atoms with van der Waals surface area (Å²) in [6.45, 7) is 4.05. The number of hydrogen-bond acceptors (Lipinski definition) is 6. The molecule has 3 atom stereocenters. The summed E-state index contributed by atoms with van der Waals surface area (Å²) >= 11 is 3.28. The van der Waals surface area contributed by atoms with E-state index in [0.29, 0.717) is 28.9 Å². The molecule has 2 aromatic carbocycles. The molecule has 1 heterocycles. The highest BCUT2D eigenvalue weighted by Crippen LogP contribution is 2.41. The molecule has 1 aliphatic rings. The van der Waals surface area contributed by atoms with E-state index in [1.54, 1.807) is 31.2 Å². The lowest BCUT2D eigenvalue weighted by atomic mass is 10.1. The van der Waals surface area contributed by atoms with Crippen molar-refractivity contribution in [3.05, 3.63) is 58.1 Å². The van der Waals surface area contributed by atoms with Crippen molar-refractivity contribution in [3.8, 4) is 5.75 Å². The average Bonchev–Trinajstić information content (AvgIpc) is 3.48. The fourth-order valence-corrected chi connectivity index (χ4v) is 3.46. The number of carboxylic acid groups (broad SMARTS) is 1. The first-order valence-electron chi connectivity index (χ1n) is 9.81. The van der Waals surface area contributed by atoms with Crippen LogP contribution in [0.3, 0.4) is 0 Å². The number of hydrogen-bond donors (Lipinski definition) is 2. The number of nitrogens with one attached hydrogen (secondary N) is 1. The maximum atomic E-state index is 12.1. The molecular formula is C22H24BrNO6. The molecule has 7 nitrogen and oxygen atoms in total. The zero-order valence-electron chi connectivity index (χ0n) is 16.8. The highest BCUT2D eigenvalue weighted by Gasteiger charge is 2.41. The maximum absolute atomic E-state index is 12.1. The highest BCUT2D eigenvalue weighted by atomic mass is 79.9.